The summed E-state index contributed by atoms with van der Waals surface area (Å²) in [5.41, 5.74) is 4.29. The second kappa shape index (κ2) is 4.92. The van der Waals surface area contributed by atoms with Gasteiger partial charge in [0.1, 0.15) is 11.6 Å². The molecular formula is C13H17F2NO. The smallest absolute Gasteiger partial charge is 0.188 e. The molecule has 0 fully saturated rings. The Morgan fingerprint density at radius 2 is 2.00 bits per heavy atom. The van der Waals surface area contributed by atoms with E-state index in [1.807, 2.05) is 6.92 Å². The normalized spacial score (nSPS) is 14.5. The molecule has 0 aliphatic heterocycles. The summed E-state index contributed by atoms with van der Waals surface area (Å²) in [6, 6.07) is 2.39. The average molecular weight is 241 g/mol. The maximum atomic E-state index is 13.8. The van der Waals surface area contributed by atoms with Crippen LogP contribution in [0, 0.1) is 18.6 Å². The van der Waals surface area contributed by atoms with E-state index in [1.54, 1.807) is 0 Å². The van der Waals surface area contributed by atoms with E-state index in [4.69, 9.17) is 5.73 Å². The first-order valence-electron chi connectivity index (χ1n) is 5.59. The van der Waals surface area contributed by atoms with Gasteiger partial charge in [-0.2, -0.15) is 0 Å². The molecule has 17 heavy (non-hydrogen) atoms. The number of benzene rings is 1. The molecule has 1 aromatic rings. The summed E-state index contributed by atoms with van der Waals surface area (Å²) in [7, 11) is 0. The molecule has 0 saturated heterocycles. The predicted octanol–water partition coefficient (Wildman–Crippen LogP) is 2.97. The Kier molecular flexibility index (Phi) is 3.98. The topological polar surface area (TPSA) is 43.1 Å². The Labute approximate surface area is 99.8 Å². The van der Waals surface area contributed by atoms with Gasteiger partial charge in [-0.1, -0.05) is 19.4 Å². The number of nitrogens with two attached hydrogens (primary N) is 1. The van der Waals surface area contributed by atoms with Crippen LogP contribution in [0.5, 0.6) is 0 Å². The van der Waals surface area contributed by atoms with Crippen molar-refractivity contribution < 1.29 is 13.6 Å². The van der Waals surface area contributed by atoms with Gasteiger partial charge >= 0.3 is 0 Å². The third-order valence-electron chi connectivity index (χ3n) is 2.80. The largest absolute Gasteiger partial charge is 0.319 e. The third-order valence-corrected chi connectivity index (χ3v) is 2.80. The summed E-state index contributed by atoms with van der Waals surface area (Å²) in [5, 5.41) is 0. The predicted molar refractivity (Wildman–Crippen MR) is 62.9 cm³/mol. The maximum Gasteiger partial charge on any atom is 0.188 e. The first kappa shape index (κ1) is 13.8. The summed E-state index contributed by atoms with van der Waals surface area (Å²) in [6.45, 7) is 4.85. The number of halogens is 2. The van der Waals surface area contributed by atoms with Crippen LogP contribution in [-0.2, 0) is 0 Å². The zero-order chi connectivity index (χ0) is 13.2. The number of aryl methyl sites for hydroxylation is 1. The minimum absolute atomic E-state index is 0.238. The highest BCUT2D eigenvalue weighted by atomic mass is 19.1. The second-order valence-electron chi connectivity index (χ2n) is 4.55. The van der Waals surface area contributed by atoms with Gasteiger partial charge in [0.2, 0.25) is 0 Å². The van der Waals surface area contributed by atoms with Gasteiger partial charge in [0.15, 0.2) is 5.78 Å². The van der Waals surface area contributed by atoms with Crippen LogP contribution < -0.4 is 5.73 Å². The third kappa shape index (κ3) is 2.69. The first-order valence-corrected chi connectivity index (χ1v) is 5.59. The number of ketones is 1. The SMILES string of the molecule is CCCC(C)(N)C(=O)c1c(F)ccc(C)c1F. The minimum atomic E-state index is -1.23. The number of hydrogen-bond donors (Lipinski definition) is 1. The number of hydrogen-bond acceptors (Lipinski definition) is 2. The van der Waals surface area contributed by atoms with Crippen LogP contribution in [0.25, 0.3) is 0 Å². The summed E-state index contributed by atoms with van der Waals surface area (Å²) < 4.78 is 27.3. The Morgan fingerprint density at radius 1 is 1.41 bits per heavy atom. The lowest BCUT2D eigenvalue weighted by molar-refractivity contribution is 0.0884. The lowest BCUT2D eigenvalue weighted by atomic mass is 9.87. The molecule has 0 heterocycles. The van der Waals surface area contributed by atoms with Crippen molar-refractivity contribution in [1.29, 1.82) is 0 Å². The fourth-order valence-corrected chi connectivity index (χ4v) is 1.78. The van der Waals surface area contributed by atoms with Gasteiger partial charge in [-0.15, -0.1) is 0 Å². The van der Waals surface area contributed by atoms with Crippen LogP contribution in [0.2, 0.25) is 0 Å². The first-order chi connectivity index (χ1) is 7.81. The van der Waals surface area contributed by atoms with Crippen LogP contribution in [0.15, 0.2) is 12.1 Å². The molecule has 0 saturated carbocycles. The highest BCUT2D eigenvalue weighted by molar-refractivity contribution is 6.03. The van der Waals surface area contributed by atoms with E-state index < -0.39 is 28.5 Å². The standard InChI is InChI=1S/C13H17F2NO/c1-4-7-13(3,16)12(17)10-9(14)6-5-8(2)11(10)15/h5-6H,4,7,16H2,1-3H3. The van der Waals surface area contributed by atoms with E-state index in [2.05, 4.69) is 0 Å². The molecule has 1 unspecified atom stereocenters. The molecule has 1 aromatic carbocycles. The molecule has 1 atom stereocenters. The van der Waals surface area contributed by atoms with Crippen molar-refractivity contribution in [2.24, 2.45) is 5.73 Å². The quantitative estimate of drug-likeness (QED) is 0.823. The molecule has 0 amide bonds. The van der Waals surface area contributed by atoms with Crippen molar-refractivity contribution in [1.82, 2.24) is 0 Å². The van der Waals surface area contributed by atoms with Crippen molar-refractivity contribution in [2.75, 3.05) is 0 Å². The molecule has 2 N–H and O–H groups in total. The fraction of sp³-hybridized carbons (Fsp3) is 0.462. The number of Topliss-reactive ketones (excluding diaryl/α,β-unsaturated/α-hetero) is 1. The molecule has 0 aromatic heterocycles. The van der Waals surface area contributed by atoms with Gasteiger partial charge in [0, 0.05) is 0 Å². The number of carbonyl (C=O) groups is 1. The Balaban J connectivity index is 3.26. The van der Waals surface area contributed by atoms with Gasteiger partial charge in [-0.3, -0.25) is 4.79 Å². The summed E-state index contributed by atoms with van der Waals surface area (Å²) in [5.74, 6) is -2.35. The molecule has 0 spiro atoms. The zero-order valence-electron chi connectivity index (χ0n) is 10.3. The van der Waals surface area contributed by atoms with E-state index in [0.717, 1.165) is 6.07 Å². The van der Waals surface area contributed by atoms with E-state index in [0.29, 0.717) is 12.8 Å². The van der Waals surface area contributed by atoms with E-state index in [9.17, 15) is 13.6 Å². The van der Waals surface area contributed by atoms with Crippen molar-refractivity contribution in [2.45, 2.75) is 39.2 Å². The van der Waals surface area contributed by atoms with Gasteiger partial charge in [-0.25, -0.2) is 8.78 Å². The fourth-order valence-electron chi connectivity index (χ4n) is 1.78. The van der Waals surface area contributed by atoms with Crippen LogP contribution in [0.4, 0.5) is 8.78 Å². The molecule has 0 aliphatic rings. The van der Waals surface area contributed by atoms with Crippen LogP contribution in [0.1, 0.15) is 42.6 Å². The van der Waals surface area contributed by atoms with Gasteiger partial charge < -0.3 is 5.73 Å². The van der Waals surface area contributed by atoms with Crippen molar-refractivity contribution in [3.05, 3.63) is 34.9 Å². The monoisotopic (exact) mass is 241 g/mol. The molecule has 0 radical (unpaired) electrons. The van der Waals surface area contributed by atoms with Crippen molar-refractivity contribution in [3.63, 3.8) is 0 Å². The Bertz CT molecular complexity index is 441. The van der Waals surface area contributed by atoms with E-state index >= 15 is 0 Å². The van der Waals surface area contributed by atoms with Crippen molar-refractivity contribution in [3.8, 4) is 0 Å². The molecule has 1 rings (SSSR count). The maximum absolute atomic E-state index is 13.8. The molecule has 4 heteroatoms. The minimum Gasteiger partial charge on any atom is -0.319 e. The van der Waals surface area contributed by atoms with E-state index in [-0.39, 0.29) is 5.56 Å². The molecule has 94 valence electrons. The summed E-state index contributed by atoms with van der Waals surface area (Å²) in [4.78, 5) is 12.0. The Hall–Kier alpha value is -1.29. The average Bonchev–Trinajstić information content (AvgIpc) is 2.24. The zero-order valence-corrected chi connectivity index (χ0v) is 10.3. The van der Waals surface area contributed by atoms with Crippen molar-refractivity contribution >= 4 is 5.78 Å². The Morgan fingerprint density at radius 3 is 2.53 bits per heavy atom. The highest BCUT2D eigenvalue weighted by Crippen LogP contribution is 2.23. The van der Waals surface area contributed by atoms with Gasteiger partial charge in [0.05, 0.1) is 11.1 Å². The molecule has 0 aliphatic carbocycles. The van der Waals surface area contributed by atoms with E-state index in [1.165, 1.54) is 19.9 Å². The van der Waals surface area contributed by atoms with Gasteiger partial charge in [0.25, 0.3) is 0 Å². The van der Waals surface area contributed by atoms with Crippen LogP contribution >= 0.6 is 0 Å². The molecule has 0 bridgehead atoms. The molecule has 2 nitrogen and oxygen atoms in total. The molecular weight excluding hydrogens is 224 g/mol. The lowest BCUT2D eigenvalue weighted by Crippen LogP contribution is -2.45. The van der Waals surface area contributed by atoms with Gasteiger partial charge in [-0.05, 0) is 31.9 Å². The van der Waals surface area contributed by atoms with Crippen LogP contribution in [0.3, 0.4) is 0 Å². The summed E-state index contributed by atoms with van der Waals surface area (Å²) >= 11 is 0. The second-order valence-corrected chi connectivity index (χ2v) is 4.55. The number of carbonyl (C=O) groups excluding carboxylic acids is 1. The lowest BCUT2D eigenvalue weighted by Gasteiger charge is -2.23. The number of rotatable bonds is 4. The highest BCUT2D eigenvalue weighted by Gasteiger charge is 2.32. The summed E-state index contributed by atoms with van der Waals surface area (Å²) in [6.07, 6.45) is 1.06. The van der Waals surface area contributed by atoms with Crippen LogP contribution in [-0.4, -0.2) is 11.3 Å².